The molecule has 1 aromatic carbocycles. The Labute approximate surface area is 187 Å². The van der Waals surface area contributed by atoms with Crippen molar-refractivity contribution in [2.45, 2.75) is 49.5 Å². The van der Waals surface area contributed by atoms with Crippen LogP contribution in [0.5, 0.6) is 5.75 Å². The predicted molar refractivity (Wildman–Crippen MR) is 116 cm³/mol. The Morgan fingerprint density at radius 3 is 2.62 bits per heavy atom. The molecule has 4 amide bonds. The van der Waals surface area contributed by atoms with Crippen molar-refractivity contribution < 1.29 is 27.5 Å². The van der Waals surface area contributed by atoms with Crippen LogP contribution in [0.4, 0.5) is 10.5 Å². The van der Waals surface area contributed by atoms with Crippen LogP contribution >= 0.6 is 0 Å². The number of amides is 4. The minimum atomic E-state index is -4.06. The van der Waals surface area contributed by atoms with Crippen molar-refractivity contribution in [3.63, 3.8) is 0 Å². The van der Waals surface area contributed by atoms with Gasteiger partial charge in [-0.3, -0.25) is 9.59 Å². The number of urea groups is 1. The molecule has 11 heteroatoms. The fourth-order valence-corrected chi connectivity index (χ4v) is 6.09. The maximum atomic E-state index is 13.0. The second-order valence-electron chi connectivity index (χ2n) is 8.25. The van der Waals surface area contributed by atoms with E-state index >= 15 is 0 Å². The van der Waals surface area contributed by atoms with Gasteiger partial charge in [-0.1, -0.05) is 0 Å². The summed E-state index contributed by atoms with van der Waals surface area (Å²) in [7, 11) is -2.63. The standard InChI is InChI=1S/C21H28N4O6S/c1-31-15-8-9-16-18(14-15)32(29,30)25(21(28)22-16)13-5-7-19(26)24-12-4-6-17(24)20(27)23-10-2-3-11-23/h8-9,14,17H,2-7,10-13H2,1H3,(H,22,28)/t17-/m0/s1. The number of carbonyl (C=O) groups excluding carboxylic acids is 3. The van der Waals surface area contributed by atoms with Gasteiger partial charge in [0.15, 0.2) is 0 Å². The van der Waals surface area contributed by atoms with E-state index < -0.39 is 22.1 Å². The van der Waals surface area contributed by atoms with E-state index in [4.69, 9.17) is 4.74 Å². The van der Waals surface area contributed by atoms with Gasteiger partial charge in [0.1, 0.15) is 16.7 Å². The first-order chi connectivity index (χ1) is 15.3. The van der Waals surface area contributed by atoms with Crippen LogP contribution in [0.3, 0.4) is 0 Å². The van der Waals surface area contributed by atoms with Crippen LogP contribution in [-0.4, -0.2) is 79.7 Å². The van der Waals surface area contributed by atoms with Gasteiger partial charge in [0.25, 0.3) is 10.0 Å². The summed E-state index contributed by atoms with van der Waals surface area (Å²) in [6.07, 6.45) is 3.65. The van der Waals surface area contributed by atoms with Gasteiger partial charge in [0, 0.05) is 38.7 Å². The molecule has 0 aliphatic carbocycles. The Kier molecular flexibility index (Phi) is 6.27. The maximum absolute atomic E-state index is 13.0. The maximum Gasteiger partial charge on any atom is 0.335 e. The number of ether oxygens (including phenoxy) is 1. The van der Waals surface area contributed by atoms with Gasteiger partial charge in [-0.2, -0.15) is 0 Å². The predicted octanol–water partition coefficient (Wildman–Crippen LogP) is 1.62. The summed E-state index contributed by atoms with van der Waals surface area (Å²) < 4.78 is 31.8. The summed E-state index contributed by atoms with van der Waals surface area (Å²) >= 11 is 0. The lowest BCUT2D eigenvalue weighted by Crippen LogP contribution is -2.47. The van der Waals surface area contributed by atoms with Gasteiger partial charge in [0.05, 0.1) is 12.8 Å². The molecule has 0 unspecified atom stereocenters. The Balaban J connectivity index is 1.38. The Morgan fingerprint density at radius 2 is 1.91 bits per heavy atom. The Bertz CT molecular complexity index is 1020. The number of likely N-dealkylation sites (tertiary alicyclic amines) is 2. The topological polar surface area (TPSA) is 116 Å². The molecular formula is C21H28N4O6S. The lowest BCUT2D eigenvalue weighted by atomic mass is 10.2. The van der Waals surface area contributed by atoms with Crippen LogP contribution in [0.15, 0.2) is 23.1 Å². The molecular weight excluding hydrogens is 436 g/mol. The van der Waals surface area contributed by atoms with Crippen LogP contribution in [0, 0.1) is 0 Å². The quantitative estimate of drug-likeness (QED) is 0.684. The zero-order valence-corrected chi connectivity index (χ0v) is 18.9. The molecule has 4 rings (SSSR count). The number of hydrogen-bond acceptors (Lipinski definition) is 6. The summed E-state index contributed by atoms with van der Waals surface area (Å²) in [5, 5.41) is 2.57. The molecule has 10 nitrogen and oxygen atoms in total. The molecule has 0 spiro atoms. The highest BCUT2D eigenvalue weighted by atomic mass is 32.2. The minimum absolute atomic E-state index is 0.0110. The van der Waals surface area contributed by atoms with Crippen LogP contribution in [0.25, 0.3) is 0 Å². The van der Waals surface area contributed by atoms with E-state index in [1.54, 1.807) is 11.0 Å². The fraction of sp³-hybridized carbons (Fsp3) is 0.571. The third-order valence-corrected chi connectivity index (χ3v) is 8.07. The van der Waals surface area contributed by atoms with Crippen LogP contribution < -0.4 is 10.1 Å². The smallest absolute Gasteiger partial charge is 0.335 e. The highest BCUT2D eigenvalue weighted by Crippen LogP contribution is 2.33. The van der Waals surface area contributed by atoms with E-state index in [-0.39, 0.29) is 41.8 Å². The number of methoxy groups -OCH3 is 1. The molecule has 2 saturated heterocycles. The number of hydrogen-bond donors (Lipinski definition) is 1. The molecule has 1 N–H and O–H groups in total. The highest BCUT2D eigenvalue weighted by Gasteiger charge is 2.39. The summed E-state index contributed by atoms with van der Waals surface area (Å²) in [6, 6.07) is 3.23. The van der Waals surface area contributed by atoms with Crippen LogP contribution in [0.2, 0.25) is 0 Å². The lowest BCUT2D eigenvalue weighted by molar-refractivity contribution is -0.143. The number of fused-ring (bicyclic) bond motifs is 1. The van der Waals surface area contributed by atoms with Crippen molar-refractivity contribution >= 4 is 33.6 Å². The van der Waals surface area contributed by atoms with Crippen molar-refractivity contribution in [3.8, 4) is 5.75 Å². The van der Waals surface area contributed by atoms with Gasteiger partial charge < -0.3 is 19.9 Å². The van der Waals surface area contributed by atoms with Gasteiger partial charge >= 0.3 is 6.03 Å². The minimum Gasteiger partial charge on any atom is -0.497 e. The van der Waals surface area contributed by atoms with Gasteiger partial charge in [-0.15, -0.1) is 0 Å². The van der Waals surface area contributed by atoms with E-state index in [0.29, 0.717) is 18.7 Å². The lowest BCUT2D eigenvalue weighted by Gasteiger charge is -2.30. The Morgan fingerprint density at radius 1 is 1.16 bits per heavy atom. The molecule has 0 bridgehead atoms. The number of carbonyl (C=O) groups is 3. The number of benzene rings is 1. The first kappa shape index (κ1) is 22.4. The number of nitrogens with zero attached hydrogens (tertiary/aromatic N) is 3. The summed E-state index contributed by atoms with van der Waals surface area (Å²) in [4.78, 5) is 41.4. The molecule has 1 atom stereocenters. The van der Waals surface area contributed by atoms with E-state index in [1.165, 1.54) is 19.2 Å². The van der Waals surface area contributed by atoms with Crippen molar-refractivity contribution in [2.75, 3.05) is 38.6 Å². The fourth-order valence-electron chi connectivity index (χ4n) is 4.56. The van der Waals surface area contributed by atoms with E-state index in [9.17, 15) is 22.8 Å². The first-order valence-electron chi connectivity index (χ1n) is 10.9. The molecule has 3 aliphatic rings. The third kappa shape index (κ3) is 4.13. The molecule has 1 aromatic rings. The van der Waals surface area contributed by atoms with Gasteiger partial charge in [-0.05, 0) is 44.2 Å². The summed E-state index contributed by atoms with van der Waals surface area (Å²) in [5.74, 6) is 0.190. The molecule has 0 radical (unpaired) electrons. The van der Waals surface area contributed by atoms with Crippen molar-refractivity contribution in [1.29, 1.82) is 0 Å². The average Bonchev–Trinajstić information content (AvgIpc) is 3.47. The van der Waals surface area contributed by atoms with Gasteiger partial charge in [-0.25, -0.2) is 17.5 Å². The van der Waals surface area contributed by atoms with Crippen molar-refractivity contribution in [3.05, 3.63) is 18.2 Å². The number of nitrogens with one attached hydrogen (secondary N) is 1. The summed E-state index contributed by atoms with van der Waals surface area (Å²) in [5.41, 5.74) is 0.198. The number of anilines is 1. The third-order valence-electron chi connectivity index (χ3n) is 6.25. The van der Waals surface area contributed by atoms with E-state index in [2.05, 4.69) is 5.32 Å². The second-order valence-corrected chi connectivity index (χ2v) is 10.1. The van der Waals surface area contributed by atoms with Crippen molar-refractivity contribution in [2.24, 2.45) is 0 Å². The molecule has 3 heterocycles. The normalized spacial score (nSPS) is 22.0. The molecule has 32 heavy (non-hydrogen) atoms. The first-order valence-corrected chi connectivity index (χ1v) is 12.4. The Hall–Kier alpha value is -2.82. The molecule has 0 saturated carbocycles. The molecule has 174 valence electrons. The number of rotatable bonds is 6. The summed E-state index contributed by atoms with van der Waals surface area (Å²) in [6.45, 7) is 1.88. The van der Waals surface area contributed by atoms with Crippen molar-refractivity contribution in [1.82, 2.24) is 14.1 Å². The van der Waals surface area contributed by atoms with Gasteiger partial charge in [0.2, 0.25) is 11.8 Å². The molecule has 3 aliphatic heterocycles. The SMILES string of the molecule is COc1ccc2c(c1)S(=O)(=O)N(CCCC(=O)N1CCC[C@H]1C(=O)N1CCCC1)C(=O)N2. The number of sulfonamides is 1. The average molecular weight is 465 g/mol. The highest BCUT2D eigenvalue weighted by molar-refractivity contribution is 7.90. The van der Waals surface area contributed by atoms with E-state index in [0.717, 1.165) is 36.7 Å². The molecule has 0 aromatic heterocycles. The van der Waals surface area contributed by atoms with Crippen LogP contribution in [0.1, 0.15) is 38.5 Å². The largest absolute Gasteiger partial charge is 0.497 e. The van der Waals surface area contributed by atoms with Crippen LogP contribution in [-0.2, 0) is 19.6 Å². The molecule has 2 fully saturated rings. The second kappa shape index (κ2) is 8.97. The monoisotopic (exact) mass is 464 g/mol. The zero-order valence-electron chi connectivity index (χ0n) is 18.1. The van der Waals surface area contributed by atoms with E-state index in [1.807, 2.05) is 4.90 Å². The zero-order chi connectivity index (χ0) is 22.9.